The van der Waals surface area contributed by atoms with Crippen molar-refractivity contribution in [1.82, 2.24) is 24.8 Å². The monoisotopic (exact) mass is 344 g/mol. The highest BCUT2D eigenvalue weighted by Crippen LogP contribution is 2.18. The van der Waals surface area contributed by atoms with E-state index in [-0.39, 0.29) is 23.0 Å². The number of hydrogen-bond donors (Lipinski definition) is 2. The van der Waals surface area contributed by atoms with Gasteiger partial charge in [-0.05, 0) is 25.0 Å². The largest absolute Gasteiger partial charge is 0.325 e. The van der Waals surface area contributed by atoms with Crippen LogP contribution in [0.15, 0.2) is 34.2 Å². The van der Waals surface area contributed by atoms with E-state index in [1.54, 1.807) is 6.92 Å². The van der Waals surface area contributed by atoms with E-state index in [2.05, 4.69) is 25.6 Å². The van der Waals surface area contributed by atoms with Gasteiger partial charge in [0.05, 0.1) is 5.75 Å². The average Bonchev–Trinajstić information content (AvgIpc) is 2.96. The zero-order valence-corrected chi connectivity index (χ0v) is 14.1. The molecule has 0 saturated carbocycles. The fourth-order valence-electron chi connectivity index (χ4n) is 2.18. The number of aryl methyl sites for hydroxylation is 2. The van der Waals surface area contributed by atoms with Crippen molar-refractivity contribution in [3.05, 3.63) is 45.9 Å². The molecule has 0 radical (unpaired) electrons. The summed E-state index contributed by atoms with van der Waals surface area (Å²) in [5, 5.41) is 15.3. The molecule has 2 heterocycles. The molecule has 8 nitrogen and oxygen atoms in total. The number of thioether (sulfide) groups is 1. The fraction of sp³-hybridized carbons (Fsp3) is 0.267. The highest BCUT2D eigenvalue weighted by Gasteiger charge is 2.12. The lowest BCUT2D eigenvalue weighted by Crippen LogP contribution is -2.17. The van der Waals surface area contributed by atoms with Crippen molar-refractivity contribution >= 4 is 29.1 Å². The lowest BCUT2D eigenvalue weighted by Gasteiger charge is -2.09. The number of carbonyl (C=O) groups excluding carboxylic acids is 1. The van der Waals surface area contributed by atoms with Crippen LogP contribution in [0, 0.1) is 6.92 Å². The Bertz CT molecular complexity index is 949. The summed E-state index contributed by atoms with van der Waals surface area (Å²) in [6, 6.07) is 7.69. The maximum atomic E-state index is 12.2. The number of aromatic nitrogens is 5. The second-order valence-corrected chi connectivity index (χ2v) is 6.05. The summed E-state index contributed by atoms with van der Waals surface area (Å²) in [5.41, 5.74) is 1.90. The van der Waals surface area contributed by atoms with Gasteiger partial charge in [-0.2, -0.15) is 9.61 Å². The molecule has 0 saturated heterocycles. The third-order valence-corrected chi connectivity index (χ3v) is 4.34. The number of benzene rings is 1. The normalized spacial score (nSPS) is 10.9. The number of anilines is 1. The molecule has 3 rings (SSSR count). The fourth-order valence-corrected chi connectivity index (χ4v) is 2.86. The maximum Gasteiger partial charge on any atom is 0.273 e. The van der Waals surface area contributed by atoms with E-state index in [0.717, 1.165) is 17.7 Å². The molecule has 9 heteroatoms. The number of amides is 1. The van der Waals surface area contributed by atoms with Crippen LogP contribution >= 0.6 is 11.8 Å². The highest BCUT2D eigenvalue weighted by atomic mass is 32.2. The van der Waals surface area contributed by atoms with Gasteiger partial charge in [0.15, 0.2) is 0 Å². The van der Waals surface area contributed by atoms with Crippen molar-refractivity contribution in [2.45, 2.75) is 25.4 Å². The first-order chi connectivity index (χ1) is 11.6. The molecule has 2 N–H and O–H groups in total. The van der Waals surface area contributed by atoms with E-state index in [0.29, 0.717) is 10.9 Å². The Kier molecular flexibility index (Phi) is 4.61. The van der Waals surface area contributed by atoms with Gasteiger partial charge in [0.1, 0.15) is 5.69 Å². The van der Waals surface area contributed by atoms with Crippen LogP contribution in [0.1, 0.15) is 18.2 Å². The van der Waals surface area contributed by atoms with Gasteiger partial charge in [0, 0.05) is 5.69 Å². The third-order valence-electron chi connectivity index (χ3n) is 3.42. The molecule has 1 amide bonds. The van der Waals surface area contributed by atoms with Crippen LogP contribution in [0.2, 0.25) is 0 Å². The van der Waals surface area contributed by atoms with E-state index < -0.39 is 0 Å². The quantitative estimate of drug-likeness (QED) is 0.678. The van der Waals surface area contributed by atoms with Gasteiger partial charge < -0.3 is 5.32 Å². The average molecular weight is 344 g/mol. The van der Waals surface area contributed by atoms with Crippen LogP contribution in [0.4, 0.5) is 5.69 Å². The van der Waals surface area contributed by atoms with Gasteiger partial charge in [-0.15, -0.1) is 10.2 Å². The summed E-state index contributed by atoms with van der Waals surface area (Å²) in [5.74, 6) is 0.280. The zero-order chi connectivity index (χ0) is 17.1. The van der Waals surface area contributed by atoms with E-state index in [1.165, 1.54) is 16.3 Å². The standard InChI is InChI=1S/C15H16N6O2S/c1-3-10-6-4-5-7-11(10)16-12(22)8-24-15-19-18-14-17-13(23)9(2)20-21(14)15/h4-7H,3,8H2,1-2H3,(H,16,22)(H,17,18,23). The predicted molar refractivity (Wildman–Crippen MR) is 91.3 cm³/mol. The van der Waals surface area contributed by atoms with Crippen LogP contribution in [0.3, 0.4) is 0 Å². The molecule has 0 unspecified atom stereocenters. The van der Waals surface area contributed by atoms with Crippen LogP contribution in [-0.4, -0.2) is 36.5 Å². The minimum Gasteiger partial charge on any atom is -0.325 e. The Balaban J connectivity index is 1.70. The van der Waals surface area contributed by atoms with Crippen LogP contribution in [0.5, 0.6) is 0 Å². The molecule has 2 aromatic heterocycles. The first-order valence-electron chi connectivity index (χ1n) is 7.41. The first-order valence-corrected chi connectivity index (χ1v) is 8.40. The number of rotatable bonds is 5. The molecule has 0 aliphatic heterocycles. The van der Waals surface area contributed by atoms with Gasteiger partial charge in [0.2, 0.25) is 11.1 Å². The predicted octanol–water partition coefficient (Wildman–Crippen LogP) is 1.41. The van der Waals surface area contributed by atoms with Crippen molar-refractivity contribution in [2.75, 3.05) is 11.1 Å². The Morgan fingerprint density at radius 3 is 2.92 bits per heavy atom. The van der Waals surface area contributed by atoms with Crippen molar-refractivity contribution in [3.8, 4) is 0 Å². The van der Waals surface area contributed by atoms with E-state index in [4.69, 9.17) is 0 Å². The number of H-pyrrole nitrogens is 1. The van der Waals surface area contributed by atoms with Crippen LogP contribution in [0.25, 0.3) is 5.78 Å². The first kappa shape index (κ1) is 16.2. The summed E-state index contributed by atoms with van der Waals surface area (Å²) < 4.78 is 1.43. The molecule has 0 spiro atoms. The highest BCUT2D eigenvalue weighted by molar-refractivity contribution is 7.99. The van der Waals surface area contributed by atoms with Gasteiger partial charge in [-0.3, -0.25) is 14.6 Å². The molecular weight excluding hydrogens is 328 g/mol. The summed E-state index contributed by atoms with van der Waals surface area (Å²) in [4.78, 5) is 26.2. The maximum absolute atomic E-state index is 12.2. The Labute approximate surface area is 141 Å². The van der Waals surface area contributed by atoms with Crippen molar-refractivity contribution in [3.63, 3.8) is 0 Å². The number of carbonyl (C=O) groups is 1. The third kappa shape index (κ3) is 3.30. The summed E-state index contributed by atoms with van der Waals surface area (Å²) in [7, 11) is 0. The second kappa shape index (κ2) is 6.83. The molecule has 1 aromatic carbocycles. The van der Waals surface area contributed by atoms with Gasteiger partial charge in [0.25, 0.3) is 11.3 Å². The van der Waals surface area contributed by atoms with Gasteiger partial charge in [-0.1, -0.05) is 36.9 Å². The minimum absolute atomic E-state index is 0.140. The van der Waals surface area contributed by atoms with Gasteiger partial charge in [-0.25, -0.2) is 0 Å². The van der Waals surface area contributed by atoms with Gasteiger partial charge >= 0.3 is 0 Å². The molecule has 0 bridgehead atoms. The van der Waals surface area contributed by atoms with E-state index in [1.807, 2.05) is 31.2 Å². The van der Waals surface area contributed by atoms with Crippen LogP contribution in [-0.2, 0) is 11.2 Å². The van der Waals surface area contributed by atoms with E-state index in [9.17, 15) is 9.59 Å². The summed E-state index contributed by atoms with van der Waals surface area (Å²) in [6.45, 7) is 3.64. The van der Waals surface area contributed by atoms with E-state index >= 15 is 0 Å². The molecule has 0 aliphatic carbocycles. The molecule has 0 aliphatic rings. The molecule has 124 valence electrons. The number of para-hydroxylation sites is 1. The molecular formula is C15H16N6O2S. The summed E-state index contributed by atoms with van der Waals surface area (Å²) in [6.07, 6.45) is 0.842. The lowest BCUT2D eigenvalue weighted by atomic mass is 10.1. The smallest absolute Gasteiger partial charge is 0.273 e. The number of nitrogens with one attached hydrogen (secondary N) is 2. The topological polar surface area (TPSA) is 105 Å². The number of hydrogen-bond acceptors (Lipinski definition) is 6. The zero-order valence-electron chi connectivity index (χ0n) is 13.2. The number of nitrogens with zero attached hydrogens (tertiary/aromatic N) is 4. The second-order valence-electron chi connectivity index (χ2n) is 5.11. The Morgan fingerprint density at radius 1 is 1.33 bits per heavy atom. The molecule has 0 atom stereocenters. The molecule has 0 fully saturated rings. The summed E-state index contributed by atoms with van der Waals surface area (Å²) >= 11 is 1.20. The minimum atomic E-state index is -0.305. The lowest BCUT2D eigenvalue weighted by molar-refractivity contribution is -0.113. The van der Waals surface area contributed by atoms with Crippen LogP contribution < -0.4 is 10.9 Å². The number of aromatic amines is 1. The van der Waals surface area contributed by atoms with Crippen molar-refractivity contribution in [2.24, 2.45) is 0 Å². The molecule has 3 aromatic rings. The Hall–Kier alpha value is -2.68. The van der Waals surface area contributed by atoms with Crippen molar-refractivity contribution in [1.29, 1.82) is 0 Å². The molecule has 24 heavy (non-hydrogen) atoms. The SMILES string of the molecule is CCc1ccccc1NC(=O)CSc1nnc2[nH]c(=O)c(C)nn12. The number of fused-ring (bicyclic) bond motifs is 1. The Morgan fingerprint density at radius 2 is 2.12 bits per heavy atom. The van der Waals surface area contributed by atoms with Crippen molar-refractivity contribution < 1.29 is 4.79 Å².